The molecule has 2 unspecified atom stereocenters. The number of amides is 1. The largest absolute Gasteiger partial charge is 0.492 e. The summed E-state index contributed by atoms with van der Waals surface area (Å²) in [5.74, 6) is 0.556. The van der Waals surface area contributed by atoms with E-state index in [-0.39, 0.29) is 23.9 Å². The van der Waals surface area contributed by atoms with Crippen molar-refractivity contribution < 1.29 is 23.4 Å². The van der Waals surface area contributed by atoms with Crippen LogP contribution in [0.1, 0.15) is 12.5 Å². The molecule has 2 atom stereocenters. The van der Waals surface area contributed by atoms with Gasteiger partial charge >= 0.3 is 0 Å². The maximum Gasteiger partial charge on any atom is 0.248 e. The predicted molar refractivity (Wildman–Crippen MR) is 173 cm³/mol. The molecule has 236 valence electrons. The van der Waals surface area contributed by atoms with E-state index in [2.05, 4.69) is 30.6 Å². The minimum atomic E-state index is -0.272. The highest BCUT2D eigenvalue weighted by Gasteiger charge is 2.35. The van der Waals surface area contributed by atoms with E-state index in [0.717, 1.165) is 35.2 Å². The lowest BCUT2D eigenvalue weighted by Crippen LogP contribution is -2.36. The number of fused-ring (bicyclic) bond motifs is 3. The molecule has 0 bridgehead atoms. The van der Waals surface area contributed by atoms with E-state index in [0.29, 0.717) is 61.1 Å². The van der Waals surface area contributed by atoms with Gasteiger partial charge in [0.05, 0.1) is 61.5 Å². The van der Waals surface area contributed by atoms with Crippen molar-refractivity contribution in [2.75, 3.05) is 50.1 Å². The first-order valence-electron chi connectivity index (χ1n) is 15.3. The molecule has 4 heterocycles. The van der Waals surface area contributed by atoms with Crippen LogP contribution in [0, 0.1) is 5.82 Å². The predicted octanol–water partition coefficient (Wildman–Crippen LogP) is 4.90. The van der Waals surface area contributed by atoms with Gasteiger partial charge in [0.1, 0.15) is 23.7 Å². The lowest BCUT2D eigenvalue weighted by atomic mass is 10.1. The van der Waals surface area contributed by atoms with E-state index in [1.807, 2.05) is 48.0 Å². The number of halogens is 1. The summed E-state index contributed by atoms with van der Waals surface area (Å²) in [4.78, 5) is 24.1. The Kier molecular flexibility index (Phi) is 8.55. The first kappa shape index (κ1) is 29.8. The van der Waals surface area contributed by atoms with E-state index >= 15 is 0 Å². The zero-order chi connectivity index (χ0) is 31.5. The summed E-state index contributed by atoms with van der Waals surface area (Å²) in [7, 11) is 0. The summed E-state index contributed by atoms with van der Waals surface area (Å²) < 4.78 is 33.0. The Morgan fingerprint density at radius 2 is 1.93 bits per heavy atom. The van der Waals surface area contributed by atoms with Gasteiger partial charge in [0.15, 0.2) is 0 Å². The monoisotopic (exact) mass is 623 g/mol. The van der Waals surface area contributed by atoms with Crippen molar-refractivity contribution in [3.63, 3.8) is 0 Å². The van der Waals surface area contributed by atoms with Crippen LogP contribution in [0.5, 0.6) is 5.75 Å². The Morgan fingerprint density at radius 1 is 1.09 bits per heavy atom. The third-order valence-electron chi connectivity index (χ3n) is 8.09. The maximum absolute atomic E-state index is 13.7. The van der Waals surface area contributed by atoms with Gasteiger partial charge in [0.25, 0.3) is 0 Å². The number of anilines is 3. The molecule has 7 rings (SSSR count). The Hall–Kier alpha value is -4.91. The quantitative estimate of drug-likeness (QED) is 0.210. The Bertz CT molecular complexity index is 1900. The smallest absolute Gasteiger partial charge is 0.248 e. The van der Waals surface area contributed by atoms with Crippen molar-refractivity contribution in [1.82, 2.24) is 24.6 Å². The number of benzene rings is 3. The van der Waals surface area contributed by atoms with Gasteiger partial charge in [-0.05, 0) is 48.9 Å². The number of carbonyl (C=O) groups excluding carboxylic acids is 1. The minimum absolute atomic E-state index is 0.0961. The van der Waals surface area contributed by atoms with Crippen LogP contribution in [0.4, 0.5) is 21.6 Å². The van der Waals surface area contributed by atoms with Crippen molar-refractivity contribution in [3.8, 4) is 5.75 Å². The third kappa shape index (κ3) is 6.54. The van der Waals surface area contributed by atoms with Crippen molar-refractivity contribution in [2.45, 2.75) is 25.7 Å². The fourth-order valence-corrected chi connectivity index (χ4v) is 5.96. The molecule has 2 saturated heterocycles. The summed E-state index contributed by atoms with van der Waals surface area (Å²) in [6, 6.07) is 16.0. The van der Waals surface area contributed by atoms with Crippen LogP contribution in [-0.2, 0) is 20.8 Å². The average molecular weight is 624 g/mol. The van der Waals surface area contributed by atoms with Crippen molar-refractivity contribution in [3.05, 3.63) is 90.7 Å². The van der Waals surface area contributed by atoms with E-state index in [9.17, 15) is 9.18 Å². The molecule has 11 nitrogen and oxygen atoms in total. The topological polar surface area (TPSA) is 116 Å². The van der Waals surface area contributed by atoms with Gasteiger partial charge in [0.2, 0.25) is 5.91 Å². The van der Waals surface area contributed by atoms with E-state index in [4.69, 9.17) is 14.2 Å². The van der Waals surface area contributed by atoms with Crippen LogP contribution >= 0.6 is 0 Å². The lowest BCUT2D eigenvalue weighted by Gasteiger charge is -2.24. The highest BCUT2D eigenvalue weighted by atomic mass is 19.1. The molecule has 5 aromatic rings. The van der Waals surface area contributed by atoms with Crippen LogP contribution in [0.15, 0.2) is 79.3 Å². The fourth-order valence-electron chi connectivity index (χ4n) is 5.96. The summed E-state index contributed by atoms with van der Waals surface area (Å²) >= 11 is 0. The molecule has 0 aliphatic carbocycles. The van der Waals surface area contributed by atoms with E-state index in [1.165, 1.54) is 24.5 Å². The lowest BCUT2D eigenvalue weighted by molar-refractivity contribution is -0.116. The molecule has 2 fully saturated rings. The molecule has 12 heteroatoms. The highest BCUT2D eigenvalue weighted by molar-refractivity contribution is 6.03. The molecule has 46 heavy (non-hydrogen) atoms. The summed E-state index contributed by atoms with van der Waals surface area (Å²) in [5, 5.41) is 12.5. The van der Waals surface area contributed by atoms with Crippen LogP contribution < -0.4 is 15.4 Å². The van der Waals surface area contributed by atoms with Gasteiger partial charge < -0.3 is 24.8 Å². The molecular weight excluding hydrogens is 589 g/mol. The van der Waals surface area contributed by atoms with Gasteiger partial charge in [0, 0.05) is 48.2 Å². The maximum atomic E-state index is 13.7. The third-order valence-corrected chi connectivity index (χ3v) is 8.09. The number of nitrogens with zero attached hydrogens (tertiary/aromatic N) is 5. The number of rotatable bonds is 10. The molecule has 2 aromatic heterocycles. The van der Waals surface area contributed by atoms with Crippen molar-refractivity contribution in [1.29, 1.82) is 0 Å². The second-order valence-corrected chi connectivity index (χ2v) is 11.3. The Morgan fingerprint density at radius 3 is 2.74 bits per heavy atom. The van der Waals surface area contributed by atoms with E-state index in [1.54, 1.807) is 18.3 Å². The van der Waals surface area contributed by atoms with Crippen LogP contribution in [-0.4, -0.2) is 82.2 Å². The van der Waals surface area contributed by atoms with Crippen molar-refractivity contribution >= 4 is 44.9 Å². The standard InChI is InChI=1S/C34H34FN7O4/c1-2-44-30-16-27-26(15-28(30)40-33(43)7-4-10-41-19-31-32(20-41)46-12-11-45-31)34(37-21-36-27)39-25-8-9-29-23(14-25)17-38-42(29)18-22-5-3-6-24(35)13-22/h3-9,13-17,21,31-32H,2,10-12,18-20H2,1H3,(H,40,43)(H,36,37,39). The molecule has 0 saturated carbocycles. The molecule has 2 aliphatic heterocycles. The second-order valence-electron chi connectivity index (χ2n) is 11.3. The van der Waals surface area contributed by atoms with Gasteiger partial charge in [-0.15, -0.1) is 0 Å². The zero-order valence-corrected chi connectivity index (χ0v) is 25.4. The van der Waals surface area contributed by atoms with Gasteiger partial charge in [-0.2, -0.15) is 5.10 Å². The first-order valence-corrected chi connectivity index (χ1v) is 15.3. The second kappa shape index (κ2) is 13.2. The van der Waals surface area contributed by atoms with Crippen LogP contribution in [0.2, 0.25) is 0 Å². The molecule has 2 N–H and O–H groups in total. The molecule has 1 amide bonds. The molecule has 0 radical (unpaired) electrons. The number of likely N-dealkylation sites (tertiary alicyclic amines) is 1. The number of ether oxygens (including phenoxy) is 3. The summed E-state index contributed by atoms with van der Waals surface area (Å²) in [6.07, 6.45) is 6.85. The van der Waals surface area contributed by atoms with E-state index < -0.39 is 0 Å². The number of carbonyl (C=O) groups is 1. The minimum Gasteiger partial charge on any atom is -0.492 e. The Balaban J connectivity index is 1.08. The van der Waals surface area contributed by atoms with Gasteiger partial charge in [-0.25, -0.2) is 14.4 Å². The summed E-state index contributed by atoms with van der Waals surface area (Å²) in [5.41, 5.74) is 3.74. The molecular formula is C34H34FN7O4. The number of hydrogen-bond acceptors (Lipinski definition) is 9. The Labute approximate surface area is 265 Å². The summed E-state index contributed by atoms with van der Waals surface area (Å²) in [6.45, 7) is 6.23. The SMILES string of the molecule is CCOc1cc2ncnc(Nc3ccc4c(cnn4Cc4cccc(F)c4)c3)c2cc1NC(=O)C=CCN1CC2OCCOC2C1. The molecule has 2 aliphatic rings. The fraction of sp³-hybridized carbons (Fsp3) is 0.294. The first-order chi connectivity index (χ1) is 22.5. The highest BCUT2D eigenvalue weighted by Crippen LogP contribution is 2.34. The van der Waals surface area contributed by atoms with Crippen molar-refractivity contribution in [2.24, 2.45) is 0 Å². The zero-order valence-electron chi connectivity index (χ0n) is 25.4. The average Bonchev–Trinajstić information content (AvgIpc) is 3.65. The normalized spacial score (nSPS) is 18.3. The number of hydrogen-bond donors (Lipinski definition) is 2. The molecule has 3 aromatic carbocycles. The van der Waals surface area contributed by atoms with Gasteiger partial charge in [-0.1, -0.05) is 18.2 Å². The van der Waals surface area contributed by atoms with Crippen LogP contribution in [0.3, 0.4) is 0 Å². The van der Waals surface area contributed by atoms with Gasteiger partial charge in [-0.3, -0.25) is 14.4 Å². The number of nitrogens with one attached hydrogen (secondary N) is 2. The molecule has 0 spiro atoms. The van der Waals surface area contributed by atoms with Crippen LogP contribution in [0.25, 0.3) is 21.8 Å². The number of aromatic nitrogens is 4.